The molecule has 0 aliphatic rings. The van der Waals surface area contributed by atoms with E-state index in [2.05, 4.69) is 6.92 Å². The van der Waals surface area contributed by atoms with Gasteiger partial charge in [0.25, 0.3) is 0 Å². The summed E-state index contributed by atoms with van der Waals surface area (Å²) in [7, 11) is 0. The van der Waals surface area contributed by atoms with E-state index in [4.69, 9.17) is 5.73 Å². The molecule has 2 heteroatoms. The summed E-state index contributed by atoms with van der Waals surface area (Å²) >= 11 is 0. The predicted octanol–water partition coefficient (Wildman–Crippen LogP) is 3.04. The standard InChI is InChI=1S/C12H25NO/c1-2-3-4-5-6-7-8-9-12(13)10-11-14/h11-12H,2-10,13H2,1H3. The Kier molecular flexibility index (Phi) is 10.4. The van der Waals surface area contributed by atoms with Crippen LogP contribution < -0.4 is 5.73 Å². The van der Waals surface area contributed by atoms with Crippen molar-refractivity contribution in [2.45, 2.75) is 70.8 Å². The minimum Gasteiger partial charge on any atom is -0.327 e. The molecule has 0 saturated heterocycles. The van der Waals surface area contributed by atoms with E-state index in [1.54, 1.807) is 0 Å². The minimum absolute atomic E-state index is 0.100. The first-order chi connectivity index (χ1) is 6.81. The normalized spacial score (nSPS) is 12.7. The van der Waals surface area contributed by atoms with Gasteiger partial charge >= 0.3 is 0 Å². The molecule has 0 aliphatic heterocycles. The van der Waals surface area contributed by atoms with Crippen molar-refractivity contribution in [3.8, 4) is 0 Å². The number of aldehydes is 1. The average molecular weight is 199 g/mol. The number of nitrogens with two attached hydrogens (primary N) is 1. The second-order valence-electron chi connectivity index (χ2n) is 4.07. The van der Waals surface area contributed by atoms with Crippen LogP contribution >= 0.6 is 0 Å². The molecule has 14 heavy (non-hydrogen) atoms. The van der Waals surface area contributed by atoms with Gasteiger partial charge in [0.1, 0.15) is 6.29 Å². The summed E-state index contributed by atoms with van der Waals surface area (Å²) in [5.41, 5.74) is 5.72. The molecule has 0 bridgehead atoms. The first-order valence-corrected chi connectivity index (χ1v) is 6.00. The fourth-order valence-electron chi connectivity index (χ4n) is 1.61. The predicted molar refractivity (Wildman–Crippen MR) is 61.3 cm³/mol. The van der Waals surface area contributed by atoms with Crippen molar-refractivity contribution in [1.29, 1.82) is 0 Å². The van der Waals surface area contributed by atoms with Crippen molar-refractivity contribution in [2.75, 3.05) is 0 Å². The zero-order valence-corrected chi connectivity index (χ0v) is 9.50. The van der Waals surface area contributed by atoms with Gasteiger partial charge in [0.2, 0.25) is 0 Å². The highest BCUT2D eigenvalue weighted by atomic mass is 16.1. The molecule has 2 N–H and O–H groups in total. The summed E-state index contributed by atoms with van der Waals surface area (Å²) in [5.74, 6) is 0. The molecule has 0 amide bonds. The van der Waals surface area contributed by atoms with Gasteiger partial charge < -0.3 is 10.5 Å². The Morgan fingerprint density at radius 2 is 1.64 bits per heavy atom. The maximum absolute atomic E-state index is 10.1. The minimum atomic E-state index is 0.100. The highest BCUT2D eigenvalue weighted by Gasteiger charge is 2.00. The van der Waals surface area contributed by atoms with Crippen molar-refractivity contribution in [3.05, 3.63) is 0 Å². The van der Waals surface area contributed by atoms with Crippen LogP contribution in [-0.4, -0.2) is 12.3 Å². The van der Waals surface area contributed by atoms with Gasteiger partial charge in [-0.25, -0.2) is 0 Å². The van der Waals surface area contributed by atoms with E-state index in [9.17, 15) is 4.79 Å². The van der Waals surface area contributed by atoms with Crippen LogP contribution in [0.4, 0.5) is 0 Å². The molecule has 0 aromatic carbocycles. The van der Waals surface area contributed by atoms with Crippen LogP contribution in [0.25, 0.3) is 0 Å². The van der Waals surface area contributed by atoms with Crippen LogP contribution in [0.1, 0.15) is 64.7 Å². The van der Waals surface area contributed by atoms with Crippen LogP contribution in [0.5, 0.6) is 0 Å². The molecule has 2 nitrogen and oxygen atoms in total. The topological polar surface area (TPSA) is 43.1 Å². The number of carbonyl (C=O) groups excluding carboxylic acids is 1. The van der Waals surface area contributed by atoms with E-state index < -0.39 is 0 Å². The van der Waals surface area contributed by atoms with Crippen molar-refractivity contribution < 1.29 is 4.79 Å². The van der Waals surface area contributed by atoms with Crippen LogP contribution in [-0.2, 0) is 4.79 Å². The van der Waals surface area contributed by atoms with Gasteiger partial charge in [-0.3, -0.25) is 0 Å². The Labute approximate surface area is 88.3 Å². The molecule has 0 heterocycles. The zero-order valence-electron chi connectivity index (χ0n) is 9.50. The van der Waals surface area contributed by atoms with E-state index in [1.807, 2.05) is 0 Å². The SMILES string of the molecule is CCCCCCCCCC(N)CC=O. The van der Waals surface area contributed by atoms with Crippen molar-refractivity contribution in [3.63, 3.8) is 0 Å². The van der Waals surface area contributed by atoms with Crippen molar-refractivity contribution >= 4 is 6.29 Å². The van der Waals surface area contributed by atoms with Gasteiger partial charge in [-0.15, -0.1) is 0 Å². The van der Waals surface area contributed by atoms with Gasteiger partial charge in [-0.1, -0.05) is 51.9 Å². The van der Waals surface area contributed by atoms with Gasteiger partial charge in [-0.2, -0.15) is 0 Å². The van der Waals surface area contributed by atoms with Gasteiger partial charge in [0, 0.05) is 12.5 Å². The lowest BCUT2D eigenvalue weighted by Gasteiger charge is -2.06. The van der Waals surface area contributed by atoms with E-state index in [0.29, 0.717) is 6.42 Å². The maximum atomic E-state index is 10.1. The molecule has 0 aromatic heterocycles. The third-order valence-electron chi connectivity index (χ3n) is 2.58. The quantitative estimate of drug-likeness (QED) is 0.434. The van der Waals surface area contributed by atoms with Crippen LogP contribution in [0.2, 0.25) is 0 Å². The molecule has 0 saturated carbocycles. The van der Waals surface area contributed by atoms with E-state index >= 15 is 0 Å². The highest BCUT2D eigenvalue weighted by Crippen LogP contribution is 2.09. The lowest BCUT2D eigenvalue weighted by molar-refractivity contribution is -0.108. The fraction of sp³-hybridized carbons (Fsp3) is 0.917. The zero-order chi connectivity index (χ0) is 10.6. The summed E-state index contributed by atoms with van der Waals surface area (Å²) in [5, 5.41) is 0. The average Bonchev–Trinajstić information content (AvgIpc) is 2.17. The maximum Gasteiger partial charge on any atom is 0.121 e. The van der Waals surface area contributed by atoms with Crippen LogP contribution in [0.3, 0.4) is 0 Å². The van der Waals surface area contributed by atoms with E-state index in [1.165, 1.54) is 44.9 Å². The largest absolute Gasteiger partial charge is 0.327 e. The second-order valence-corrected chi connectivity index (χ2v) is 4.07. The fourth-order valence-corrected chi connectivity index (χ4v) is 1.61. The summed E-state index contributed by atoms with van der Waals surface area (Å²) in [4.78, 5) is 10.1. The lowest BCUT2D eigenvalue weighted by Crippen LogP contribution is -2.19. The smallest absolute Gasteiger partial charge is 0.121 e. The molecule has 1 unspecified atom stereocenters. The Morgan fingerprint density at radius 1 is 1.07 bits per heavy atom. The first-order valence-electron chi connectivity index (χ1n) is 6.00. The summed E-state index contributed by atoms with van der Waals surface area (Å²) in [6, 6.07) is 0.100. The third kappa shape index (κ3) is 9.72. The van der Waals surface area contributed by atoms with Gasteiger partial charge in [0.05, 0.1) is 0 Å². The van der Waals surface area contributed by atoms with Crippen molar-refractivity contribution in [1.82, 2.24) is 0 Å². The Bertz CT molecular complexity index is 125. The Morgan fingerprint density at radius 3 is 2.21 bits per heavy atom. The summed E-state index contributed by atoms with van der Waals surface area (Å²) < 4.78 is 0. The van der Waals surface area contributed by atoms with E-state index in [-0.39, 0.29) is 6.04 Å². The molecular weight excluding hydrogens is 174 g/mol. The molecule has 0 radical (unpaired) electrons. The number of carbonyl (C=O) groups is 1. The number of unbranched alkanes of at least 4 members (excludes halogenated alkanes) is 6. The molecule has 0 rings (SSSR count). The Balaban J connectivity index is 3.01. The van der Waals surface area contributed by atoms with E-state index in [0.717, 1.165) is 12.7 Å². The van der Waals surface area contributed by atoms with Crippen LogP contribution in [0.15, 0.2) is 0 Å². The van der Waals surface area contributed by atoms with Crippen LogP contribution in [0, 0.1) is 0 Å². The molecule has 84 valence electrons. The summed E-state index contributed by atoms with van der Waals surface area (Å²) in [6.45, 7) is 2.23. The molecule has 1 atom stereocenters. The lowest BCUT2D eigenvalue weighted by atomic mass is 10.0. The number of rotatable bonds is 10. The molecule has 0 aliphatic carbocycles. The van der Waals surface area contributed by atoms with Gasteiger partial charge in [0.15, 0.2) is 0 Å². The summed E-state index contributed by atoms with van der Waals surface area (Å²) in [6.07, 6.45) is 11.6. The number of hydrogen-bond donors (Lipinski definition) is 1. The second kappa shape index (κ2) is 10.7. The monoisotopic (exact) mass is 199 g/mol. The first kappa shape index (κ1) is 13.6. The third-order valence-corrected chi connectivity index (χ3v) is 2.58. The molecule has 0 fully saturated rings. The molecular formula is C12H25NO. The highest BCUT2D eigenvalue weighted by molar-refractivity contribution is 5.50. The van der Waals surface area contributed by atoms with Crippen molar-refractivity contribution in [2.24, 2.45) is 5.73 Å². The molecule has 0 aromatic rings. The van der Waals surface area contributed by atoms with Gasteiger partial charge in [-0.05, 0) is 6.42 Å². The number of hydrogen-bond acceptors (Lipinski definition) is 2. The molecule has 0 spiro atoms. The Hall–Kier alpha value is -0.370.